The maximum atomic E-state index is 0. The average Bonchev–Trinajstić information content (AvgIpc) is 0. The van der Waals surface area contributed by atoms with Gasteiger partial charge in [-0.25, -0.2) is 0 Å². The summed E-state index contributed by atoms with van der Waals surface area (Å²) in [6.07, 6.45) is 0. The molecule has 0 aromatic heterocycles. The molecule has 0 fully saturated rings. The van der Waals surface area contributed by atoms with Crippen molar-refractivity contribution >= 4 is 60.6 Å². The lowest BCUT2D eigenvalue weighted by molar-refractivity contribution is 2.50. The highest BCUT2D eigenvalue weighted by Crippen LogP contribution is 0.693. The summed E-state index contributed by atoms with van der Waals surface area (Å²) in [5.41, 5.74) is 0. The van der Waals surface area contributed by atoms with Gasteiger partial charge in [0, 0.05) is 11.0 Å². The molecule has 0 rings (SSSR count). The van der Waals surface area contributed by atoms with Crippen molar-refractivity contribution in [2.75, 3.05) is 0 Å². The zero-order valence-corrected chi connectivity index (χ0v) is 6.40. The fraction of sp³-hybridized carbons (Fsp3) is 1.00. The lowest BCUT2D eigenvalue weighted by Crippen LogP contribution is -0.381. The maximum Gasteiger partial charge on any atom is 0 e. The van der Waals surface area contributed by atoms with E-state index in [0.29, 0.717) is 0 Å². The van der Waals surface area contributed by atoms with E-state index in [2.05, 4.69) is 0 Å². The minimum absolute atomic E-state index is 0. The summed E-state index contributed by atoms with van der Waals surface area (Å²) in [6, 6.07) is 0. The van der Waals surface area contributed by atoms with Gasteiger partial charge in [0.05, 0.1) is 0 Å². The summed E-state index contributed by atoms with van der Waals surface area (Å²) >= 11 is 0. The molecule has 0 saturated heterocycles. The molecule has 0 N–H and O–H groups in total. The highest BCUT2D eigenvalue weighted by atomic mass is 35.5. The highest BCUT2D eigenvalue weighted by molar-refractivity contribution is 5.86. The van der Waals surface area contributed by atoms with Gasteiger partial charge in [-0.1, -0.05) is 7.43 Å². The predicted molar refractivity (Wildman–Crippen MR) is 41.5 cm³/mol. The maximum absolute atomic E-state index is 0. The van der Waals surface area contributed by atoms with Gasteiger partial charge in [-0.15, -0.1) is 49.6 Å². The molecule has 0 bridgehead atoms. The molecule has 44 valence electrons. The topological polar surface area (TPSA) is 0 Å². The van der Waals surface area contributed by atoms with E-state index in [1.54, 1.807) is 0 Å². The van der Waals surface area contributed by atoms with Crippen LogP contribution in [0.1, 0.15) is 7.43 Å². The Morgan fingerprint density at radius 2 is 0.500 bits per heavy atom. The largest absolute Gasteiger partial charge is 0.147 e. The van der Waals surface area contributed by atoms with E-state index in [-0.39, 0.29) is 68.0 Å². The monoisotopic (exact) mass is 188 g/mol. The SMILES string of the molecule is C.Cl.Cl.Cl.Cl.[Si]. The van der Waals surface area contributed by atoms with Gasteiger partial charge in [0.25, 0.3) is 0 Å². The van der Waals surface area contributed by atoms with E-state index in [9.17, 15) is 0 Å². The summed E-state index contributed by atoms with van der Waals surface area (Å²) in [5.74, 6) is 0. The molecule has 4 radical (unpaired) electrons. The van der Waals surface area contributed by atoms with Crippen LogP contribution >= 0.6 is 49.6 Å². The zero-order valence-electron chi connectivity index (χ0n) is 2.13. The van der Waals surface area contributed by atoms with Gasteiger partial charge in [0.15, 0.2) is 0 Å². The molecule has 0 unspecified atom stereocenters. The van der Waals surface area contributed by atoms with Crippen molar-refractivity contribution in [1.82, 2.24) is 0 Å². The Hall–Kier alpha value is 1.38. The molecule has 0 atom stereocenters. The predicted octanol–water partition coefficient (Wildman–Crippen LogP) is 1.94. The van der Waals surface area contributed by atoms with Crippen LogP contribution in [0.5, 0.6) is 0 Å². The molecule has 0 aromatic carbocycles. The third kappa shape index (κ3) is 54.3. The van der Waals surface area contributed by atoms with Gasteiger partial charge >= 0.3 is 0 Å². The zero-order chi connectivity index (χ0) is 0. The van der Waals surface area contributed by atoms with Crippen molar-refractivity contribution in [3.63, 3.8) is 0 Å². The van der Waals surface area contributed by atoms with Crippen molar-refractivity contribution in [2.24, 2.45) is 0 Å². The Morgan fingerprint density at radius 3 is 0.500 bits per heavy atom. The first-order valence-electron chi connectivity index (χ1n) is 0. The lowest BCUT2D eigenvalue weighted by Gasteiger charge is -0.148. The molecular weight excluding hydrogens is 182 g/mol. The molecule has 0 aliphatic carbocycles. The standard InChI is InChI=1S/CH4.4ClH.Si/h1H4;4*1H;. The lowest BCUT2D eigenvalue weighted by atomic mass is 12.0. The van der Waals surface area contributed by atoms with Crippen LogP contribution in [0.2, 0.25) is 0 Å². The van der Waals surface area contributed by atoms with Crippen LogP contribution in [0.15, 0.2) is 0 Å². The van der Waals surface area contributed by atoms with Gasteiger partial charge in [0.1, 0.15) is 0 Å². The highest BCUT2D eigenvalue weighted by Gasteiger charge is 0.0000415. The van der Waals surface area contributed by atoms with Crippen molar-refractivity contribution in [3.05, 3.63) is 0 Å². The molecule has 5 heteroatoms. The van der Waals surface area contributed by atoms with E-state index < -0.39 is 0 Å². The Labute approximate surface area is 68.1 Å². The Balaban J connectivity index is 0. The van der Waals surface area contributed by atoms with Crippen LogP contribution in [0.3, 0.4) is 0 Å². The quantitative estimate of drug-likeness (QED) is 0.512. The van der Waals surface area contributed by atoms with E-state index in [1.807, 2.05) is 0 Å². The van der Waals surface area contributed by atoms with E-state index in [1.165, 1.54) is 0 Å². The molecule has 0 aliphatic heterocycles. The second kappa shape index (κ2) is 97.2. The van der Waals surface area contributed by atoms with Crippen molar-refractivity contribution < 1.29 is 0 Å². The van der Waals surface area contributed by atoms with Gasteiger partial charge in [-0.05, 0) is 0 Å². The normalized spacial score (nSPS) is 0. The summed E-state index contributed by atoms with van der Waals surface area (Å²) in [5, 5.41) is 0. The van der Waals surface area contributed by atoms with Gasteiger partial charge in [-0.2, -0.15) is 0 Å². The fourth-order valence-corrected chi connectivity index (χ4v) is 0. The van der Waals surface area contributed by atoms with Crippen LogP contribution in [0.4, 0.5) is 0 Å². The summed E-state index contributed by atoms with van der Waals surface area (Å²) in [4.78, 5) is 0. The van der Waals surface area contributed by atoms with Crippen molar-refractivity contribution in [3.8, 4) is 0 Å². The Kier molecular flexibility index (Phi) is 2560. The fourth-order valence-electron chi connectivity index (χ4n) is 0. The third-order valence-electron chi connectivity index (χ3n) is 0. The van der Waals surface area contributed by atoms with Crippen LogP contribution in [0, 0.1) is 0 Å². The van der Waals surface area contributed by atoms with E-state index in [4.69, 9.17) is 0 Å². The molecule has 0 nitrogen and oxygen atoms in total. The summed E-state index contributed by atoms with van der Waals surface area (Å²) in [7, 11) is 0. The molecule has 6 heavy (non-hydrogen) atoms. The Bertz CT molecular complexity index is 7.51. The third-order valence-corrected chi connectivity index (χ3v) is 0. The second-order valence-corrected chi connectivity index (χ2v) is 0. The van der Waals surface area contributed by atoms with Gasteiger partial charge in [0.2, 0.25) is 0 Å². The van der Waals surface area contributed by atoms with Gasteiger partial charge < -0.3 is 0 Å². The van der Waals surface area contributed by atoms with Crippen molar-refractivity contribution in [1.29, 1.82) is 0 Å². The minimum Gasteiger partial charge on any atom is -0.147 e. The van der Waals surface area contributed by atoms with Crippen LogP contribution in [0.25, 0.3) is 0 Å². The van der Waals surface area contributed by atoms with Crippen LogP contribution in [-0.4, -0.2) is 11.0 Å². The van der Waals surface area contributed by atoms with E-state index >= 15 is 0 Å². The Morgan fingerprint density at radius 1 is 0.500 bits per heavy atom. The number of rotatable bonds is 0. The van der Waals surface area contributed by atoms with Crippen LogP contribution in [-0.2, 0) is 0 Å². The first-order chi connectivity index (χ1) is 0. The van der Waals surface area contributed by atoms with E-state index in [0.717, 1.165) is 0 Å². The summed E-state index contributed by atoms with van der Waals surface area (Å²) in [6.45, 7) is 0. The molecule has 0 saturated carbocycles. The molecule has 0 amide bonds. The number of hydrogen-bond donors (Lipinski definition) is 0. The average molecular weight is 190 g/mol. The molecule has 0 aliphatic rings. The smallest absolute Gasteiger partial charge is 0 e. The number of halogens is 4. The van der Waals surface area contributed by atoms with Crippen LogP contribution < -0.4 is 0 Å². The molecule has 0 spiro atoms. The summed E-state index contributed by atoms with van der Waals surface area (Å²) < 4.78 is 0. The number of hydrogen-bond acceptors (Lipinski definition) is 0. The van der Waals surface area contributed by atoms with Crippen molar-refractivity contribution in [2.45, 2.75) is 7.43 Å². The minimum atomic E-state index is 0. The first kappa shape index (κ1) is 158. The molecular formula is CH8Cl4Si. The molecule has 0 aromatic rings. The van der Waals surface area contributed by atoms with Gasteiger partial charge in [-0.3, -0.25) is 0 Å². The second-order valence-electron chi connectivity index (χ2n) is 0. The molecule has 0 heterocycles. The first-order valence-corrected chi connectivity index (χ1v) is 0.